The summed E-state index contributed by atoms with van der Waals surface area (Å²) in [5.41, 5.74) is 8.87. The van der Waals surface area contributed by atoms with E-state index < -0.39 is 0 Å². The van der Waals surface area contributed by atoms with Gasteiger partial charge in [0, 0.05) is 24.9 Å². The predicted molar refractivity (Wildman–Crippen MR) is 89.2 cm³/mol. The van der Waals surface area contributed by atoms with E-state index in [9.17, 15) is 4.79 Å². The molecular weight excluding hydrogens is 294 g/mol. The SMILES string of the molecule is CN(C(=O)c1csc(CCN)n1)C1CCc2ccccc2C1. The van der Waals surface area contributed by atoms with Crippen molar-refractivity contribution in [3.63, 3.8) is 0 Å². The lowest BCUT2D eigenvalue weighted by Crippen LogP contribution is -2.40. The Morgan fingerprint density at radius 3 is 2.95 bits per heavy atom. The van der Waals surface area contributed by atoms with Gasteiger partial charge in [0.1, 0.15) is 5.69 Å². The molecule has 2 aromatic rings. The van der Waals surface area contributed by atoms with Gasteiger partial charge in [-0.2, -0.15) is 0 Å². The molecular formula is C17H21N3OS. The summed E-state index contributed by atoms with van der Waals surface area (Å²) in [5.74, 6) is 0.0175. The van der Waals surface area contributed by atoms with Crippen molar-refractivity contribution in [2.45, 2.75) is 31.7 Å². The highest BCUT2D eigenvalue weighted by Gasteiger charge is 2.26. The van der Waals surface area contributed by atoms with E-state index in [2.05, 4.69) is 29.2 Å². The second kappa shape index (κ2) is 6.58. The number of carbonyl (C=O) groups excluding carboxylic acids is 1. The lowest BCUT2D eigenvalue weighted by molar-refractivity contribution is 0.0713. The number of likely N-dealkylation sites (N-methyl/N-ethyl adjacent to an activating group) is 1. The van der Waals surface area contributed by atoms with Crippen molar-refractivity contribution in [3.8, 4) is 0 Å². The van der Waals surface area contributed by atoms with Gasteiger partial charge in [-0.3, -0.25) is 4.79 Å². The van der Waals surface area contributed by atoms with Crippen molar-refractivity contribution in [3.05, 3.63) is 51.5 Å². The van der Waals surface area contributed by atoms with Crippen LogP contribution in [0.4, 0.5) is 0 Å². The van der Waals surface area contributed by atoms with Gasteiger partial charge in [-0.1, -0.05) is 24.3 Å². The molecule has 0 fully saturated rings. The van der Waals surface area contributed by atoms with Crippen LogP contribution in [-0.2, 0) is 19.3 Å². The fraction of sp³-hybridized carbons (Fsp3) is 0.412. The summed E-state index contributed by atoms with van der Waals surface area (Å²) in [7, 11) is 1.89. The number of benzene rings is 1. The maximum absolute atomic E-state index is 12.6. The molecule has 1 aromatic heterocycles. The maximum atomic E-state index is 12.6. The molecule has 1 heterocycles. The summed E-state index contributed by atoms with van der Waals surface area (Å²) < 4.78 is 0. The molecule has 0 saturated heterocycles. The fourth-order valence-electron chi connectivity index (χ4n) is 3.00. The van der Waals surface area contributed by atoms with Crippen LogP contribution in [0.5, 0.6) is 0 Å². The van der Waals surface area contributed by atoms with Crippen LogP contribution < -0.4 is 5.73 Å². The quantitative estimate of drug-likeness (QED) is 0.941. The molecule has 116 valence electrons. The summed E-state index contributed by atoms with van der Waals surface area (Å²) in [6.07, 6.45) is 3.71. The molecule has 0 radical (unpaired) electrons. The minimum atomic E-state index is 0.0175. The Morgan fingerprint density at radius 1 is 1.41 bits per heavy atom. The number of thiazole rings is 1. The van der Waals surface area contributed by atoms with E-state index in [1.165, 1.54) is 22.5 Å². The van der Waals surface area contributed by atoms with Gasteiger partial charge in [-0.05, 0) is 36.9 Å². The zero-order valence-electron chi connectivity index (χ0n) is 12.8. The van der Waals surface area contributed by atoms with Crippen molar-refractivity contribution in [2.24, 2.45) is 5.73 Å². The molecule has 0 saturated carbocycles. The molecule has 2 N–H and O–H groups in total. The third-order valence-electron chi connectivity index (χ3n) is 4.32. The van der Waals surface area contributed by atoms with E-state index in [-0.39, 0.29) is 11.9 Å². The van der Waals surface area contributed by atoms with Gasteiger partial charge in [-0.15, -0.1) is 11.3 Å². The van der Waals surface area contributed by atoms with E-state index in [0.29, 0.717) is 12.2 Å². The summed E-state index contributed by atoms with van der Waals surface area (Å²) in [6, 6.07) is 8.77. The standard InChI is InChI=1S/C17H21N3OS/c1-20(17(21)15-11-22-16(19-15)8-9-18)14-7-6-12-4-2-3-5-13(12)10-14/h2-5,11,14H,6-10,18H2,1H3. The van der Waals surface area contributed by atoms with Gasteiger partial charge < -0.3 is 10.6 Å². The number of fused-ring (bicyclic) bond motifs is 1. The highest BCUT2D eigenvalue weighted by molar-refractivity contribution is 7.09. The Balaban J connectivity index is 1.71. The third kappa shape index (κ3) is 3.05. The first-order chi connectivity index (χ1) is 10.7. The molecule has 1 aliphatic carbocycles. The first-order valence-electron chi connectivity index (χ1n) is 7.67. The molecule has 1 atom stereocenters. The topological polar surface area (TPSA) is 59.2 Å². The predicted octanol–water partition coefficient (Wildman–Crippen LogP) is 2.27. The van der Waals surface area contributed by atoms with E-state index in [1.807, 2.05) is 17.3 Å². The van der Waals surface area contributed by atoms with Crippen LogP contribution in [0.1, 0.15) is 33.0 Å². The second-order valence-corrected chi connectivity index (χ2v) is 6.69. The number of amides is 1. The number of hydrogen-bond donors (Lipinski definition) is 1. The van der Waals surface area contributed by atoms with E-state index >= 15 is 0 Å². The van der Waals surface area contributed by atoms with Crippen LogP contribution >= 0.6 is 11.3 Å². The first-order valence-corrected chi connectivity index (χ1v) is 8.55. The minimum Gasteiger partial charge on any atom is -0.337 e. The average molecular weight is 315 g/mol. The smallest absolute Gasteiger partial charge is 0.273 e. The van der Waals surface area contributed by atoms with Crippen molar-refractivity contribution in [1.29, 1.82) is 0 Å². The Bertz CT molecular complexity index is 667. The van der Waals surface area contributed by atoms with Crippen LogP contribution in [0, 0.1) is 0 Å². The highest BCUT2D eigenvalue weighted by Crippen LogP contribution is 2.25. The monoisotopic (exact) mass is 315 g/mol. The Kier molecular flexibility index (Phi) is 4.55. The molecule has 1 aliphatic rings. The number of carbonyl (C=O) groups is 1. The summed E-state index contributed by atoms with van der Waals surface area (Å²) >= 11 is 1.52. The van der Waals surface area contributed by atoms with Crippen LogP contribution in [0.25, 0.3) is 0 Å². The van der Waals surface area contributed by atoms with Crippen LogP contribution in [0.15, 0.2) is 29.6 Å². The highest BCUT2D eigenvalue weighted by atomic mass is 32.1. The number of aromatic nitrogens is 1. The van der Waals surface area contributed by atoms with Gasteiger partial charge in [0.15, 0.2) is 0 Å². The Labute approximate surface area is 135 Å². The van der Waals surface area contributed by atoms with Crippen LogP contribution in [0.3, 0.4) is 0 Å². The van der Waals surface area contributed by atoms with E-state index in [0.717, 1.165) is 30.7 Å². The number of nitrogens with two attached hydrogens (primary N) is 1. The fourth-order valence-corrected chi connectivity index (χ4v) is 3.79. The van der Waals surface area contributed by atoms with Crippen molar-refractivity contribution >= 4 is 17.2 Å². The number of rotatable bonds is 4. The average Bonchev–Trinajstić information content (AvgIpc) is 3.02. The zero-order chi connectivity index (χ0) is 15.5. The van der Waals surface area contributed by atoms with Crippen LogP contribution in [-0.4, -0.2) is 35.4 Å². The molecule has 0 spiro atoms. The molecule has 22 heavy (non-hydrogen) atoms. The molecule has 1 amide bonds. The van der Waals surface area contributed by atoms with Crippen molar-refractivity contribution in [2.75, 3.05) is 13.6 Å². The second-order valence-electron chi connectivity index (χ2n) is 5.75. The van der Waals surface area contributed by atoms with Gasteiger partial charge >= 0.3 is 0 Å². The lowest BCUT2D eigenvalue weighted by atomic mass is 9.87. The maximum Gasteiger partial charge on any atom is 0.273 e. The Hall–Kier alpha value is -1.72. The zero-order valence-corrected chi connectivity index (χ0v) is 13.6. The van der Waals surface area contributed by atoms with E-state index in [1.54, 1.807) is 0 Å². The molecule has 5 heteroatoms. The van der Waals surface area contributed by atoms with Crippen LogP contribution in [0.2, 0.25) is 0 Å². The number of hydrogen-bond acceptors (Lipinski definition) is 4. The van der Waals surface area contributed by atoms with Crippen molar-refractivity contribution < 1.29 is 4.79 Å². The summed E-state index contributed by atoms with van der Waals surface area (Å²) in [6.45, 7) is 0.566. The van der Waals surface area contributed by atoms with Gasteiger partial charge in [-0.25, -0.2) is 4.98 Å². The molecule has 0 bridgehead atoms. The summed E-state index contributed by atoms with van der Waals surface area (Å²) in [4.78, 5) is 18.9. The molecule has 1 unspecified atom stereocenters. The van der Waals surface area contributed by atoms with Gasteiger partial charge in [0.25, 0.3) is 5.91 Å². The Morgan fingerprint density at radius 2 is 2.18 bits per heavy atom. The van der Waals surface area contributed by atoms with Crippen molar-refractivity contribution in [1.82, 2.24) is 9.88 Å². The summed E-state index contributed by atoms with van der Waals surface area (Å²) in [5, 5.41) is 2.79. The van der Waals surface area contributed by atoms with Gasteiger partial charge in [0.05, 0.1) is 5.01 Å². The molecule has 4 nitrogen and oxygen atoms in total. The number of aryl methyl sites for hydroxylation is 1. The lowest BCUT2D eigenvalue weighted by Gasteiger charge is -2.32. The molecule has 0 aliphatic heterocycles. The van der Waals surface area contributed by atoms with E-state index in [4.69, 9.17) is 5.73 Å². The first kappa shape index (κ1) is 15.2. The molecule has 3 rings (SSSR count). The molecule has 1 aromatic carbocycles. The normalized spacial score (nSPS) is 17.1. The largest absolute Gasteiger partial charge is 0.337 e. The third-order valence-corrected chi connectivity index (χ3v) is 5.23. The van der Waals surface area contributed by atoms with Gasteiger partial charge in [0.2, 0.25) is 0 Å². The number of nitrogens with zero attached hydrogens (tertiary/aromatic N) is 2. The minimum absolute atomic E-state index is 0.0175.